The van der Waals surface area contributed by atoms with Crippen molar-refractivity contribution >= 4 is 9.84 Å². The van der Waals surface area contributed by atoms with Crippen LogP contribution in [0.3, 0.4) is 0 Å². The summed E-state index contributed by atoms with van der Waals surface area (Å²) in [6, 6.07) is 13.5. The summed E-state index contributed by atoms with van der Waals surface area (Å²) in [5.41, 5.74) is 0. The Hall–Kier alpha value is -1.34. The molecule has 4 heteroatoms. The lowest BCUT2D eigenvalue weighted by Crippen LogP contribution is -1.98. The minimum absolute atomic E-state index is 0.382. The first-order valence-electron chi connectivity index (χ1n) is 3.61. The summed E-state index contributed by atoms with van der Waals surface area (Å²) < 4.78 is 20.0. The molecule has 0 saturated carbocycles. The van der Waals surface area contributed by atoms with Gasteiger partial charge in [0.05, 0.1) is 6.07 Å². The van der Waals surface area contributed by atoms with Crippen LogP contribution in [0.1, 0.15) is 0 Å². The van der Waals surface area contributed by atoms with Crippen molar-refractivity contribution in [2.24, 2.45) is 0 Å². The van der Waals surface area contributed by atoms with Crippen LogP contribution in [-0.4, -0.2) is 20.4 Å². The molecule has 0 N–H and O–H groups in total. The molecule has 1 rings (SSSR count). The van der Waals surface area contributed by atoms with Crippen LogP contribution in [0, 0.1) is 11.3 Å². The fraction of sp³-hybridized carbons (Fsp3) is 0.222. The highest BCUT2D eigenvalue weighted by Crippen LogP contribution is 1.79. The van der Waals surface area contributed by atoms with Crippen molar-refractivity contribution in [1.29, 1.82) is 5.26 Å². The molecule has 0 radical (unpaired) electrons. The number of hydrogen-bond acceptors (Lipinski definition) is 3. The zero-order valence-electron chi connectivity index (χ0n) is 7.34. The van der Waals surface area contributed by atoms with Gasteiger partial charge in [-0.05, 0) is 0 Å². The summed E-state index contributed by atoms with van der Waals surface area (Å²) >= 11 is 0. The van der Waals surface area contributed by atoms with Crippen LogP contribution in [0.5, 0.6) is 0 Å². The summed E-state index contributed by atoms with van der Waals surface area (Å²) in [7, 11) is -3.04. The molecule has 0 aliphatic heterocycles. The van der Waals surface area contributed by atoms with Gasteiger partial charge in [0.1, 0.15) is 5.75 Å². The molecule has 13 heavy (non-hydrogen) atoms. The maximum atomic E-state index is 10.0. The van der Waals surface area contributed by atoms with Crippen LogP contribution in [0.15, 0.2) is 36.4 Å². The lowest BCUT2D eigenvalue weighted by Gasteiger charge is -1.79. The van der Waals surface area contributed by atoms with Crippen LogP contribution < -0.4 is 0 Å². The third kappa shape index (κ3) is 10.7. The fourth-order valence-corrected chi connectivity index (χ4v) is 0.737. The molecule has 70 valence electrons. The minimum Gasteiger partial charge on any atom is -0.228 e. The van der Waals surface area contributed by atoms with Gasteiger partial charge in [-0.3, -0.25) is 0 Å². The quantitative estimate of drug-likeness (QED) is 0.680. The summed E-state index contributed by atoms with van der Waals surface area (Å²) in [6.45, 7) is 0. The van der Waals surface area contributed by atoms with Crippen molar-refractivity contribution in [3.63, 3.8) is 0 Å². The first-order valence-corrected chi connectivity index (χ1v) is 5.67. The molecule has 0 unspecified atom stereocenters. The van der Waals surface area contributed by atoms with E-state index in [9.17, 15) is 8.42 Å². The molecular weight excluding hydrogens is 186 g/mol. The van der Waals surface area contributed by atoms with Gasteiger partial charge in [-0.25, -0.2) is 8.42 Å². The first-order chi connectivity index (χ1) is 6.06. The van der Waals surface area contributed by atoms with Crippen LogP contribution in [0.4, 0.5) is 0 Å². The number of rotatable bonds is 1. The second-order valence-corrected chi connectivity index (χ2v) is 4.52. The largest absolute Gasteiger partial charge is 0.228 e. The molecule has 0 heterocycles. The van der Waals surface area contributed by atoms with Crippen LogP contribution in [0.25, 0.3) is 0 Å². The number of hydrogen-bond donors (Lipinski definition) is 0. The lowest BCUT2D eigenvalue weighted by atomic mass is 10.4. The maximum Gasteiger partial charge on any atom is 0.160 e. The zero-order chi connectivity index (χ0) is 10.2. The van der Waals surface area contributed by atoms with E-state index >= 15 is 0 Å². The Kier molecular flexibility index (Phi) is 5.57. The van der Waals surface area contributed by atoms with Gasteiger partial charge < -0.3 is 0 Å². The minimum atomic E-state index is -3.04. The van der Waals surface area contributed by atoms with Crippen molar-refractivity contribution in [2.75, 3.05) is 12.0 Å². The van der Waals surface area contributed by atoms with E-state index in [2.05, 4.69) is 0 Å². The third-order valence-electron chi connectivity index (χ3n) is 0.993. The summed E-state index contributed by atoms with van der Waals surface area (Å²) in [5, 5.41) is 7.77. The summed E-state index contributed by atoms with van der Waals surface area (Å²) in [4.78, 5) is 0. The van der Waals surface area contributed by atoms with Crippen molar-refractivity contribution in [2.45, 2.75) is 0 Å². The van der Waals surface area contributed by atoms with Crippen LogP contribution in [0.2, 0.25) is 0 Å². The van der Waals surface area contributed by atoms with Gasteiger partial charge in [0.15, 0.2) is 9.84 Å². The van der Waals surface area contributed by atoms with Gasteiger partial charge >= 0.3 is 0 Å². The Balaban J connectivity index is 0.000000223. The topological polar surface area (TPSA) is 57.9 Å². The Labute approximate surface area is 78.6 Å². The van der Waals surface area contributed by atoms with Gasteiger partial charge in [-0.2, -0.15) is 5.26 Å². The number of benzene rings is 1. The predicted molar refractivity (Wildman–Crippen MR) is 51.8 cm³/mol. The summed E-state index contributed by atoms with van der Waals surface area (Å²) in [5.74, 6) is -0.382. The highest BCUT2D eigenvalue weighted by Gasteiger charge is 1.95. The van der Waals surface area contributed by atoms with E-state index in [1.54, 1.807) is 0 Å². The number of sulfone groups is 1. The Morgan fingerprint density at radius 3 is 1.46 bits per heavy atom. The highest BCUT2D eigenvalue weighted by atomic mass is 32.2. The average molecular weight is 197 g/mol. The van der Waals surface area contributed by atoms with E-state index in [1.807, 2.05) is 36.4 Å². The van der Waals surface area contributed by atoms with E-state index in [0.29, 0.717) is 0 Å². The van der Waals surface area contributed by atoms with Gasteiger partial charge in [-0.1, -0.05) is 36.4 Å². The van der Waals surface area contributed by atoms with Gasteiger partial charge in [0.25, 0.3) is 0 Å². The molecule has 0 aromatic heterocycles. The molecule has 0 aliphatic rings. The smallest absolute Gasteiger partial charge is 0.160 e. The third-order valence-corrected chi connectivity index (χ3v) is 1.65. The molecule has 0 bridgehead atoms. The van der Waals surface area contributed by atoms with Crippen LogP contribution >= 0.6 is 0 Å². The van der Waals surface area contributed by atoms with Crippen molar-refractivity contribution in [1.82, 2.24) is 0 Å². The van der Waals surface area contributed by atoms with Gasteiger partial charge in [0.2, 0.25) is 0 Å². The molecule has 1 aromatic rings. The number of nitriles is 1. The lowest BCUT2D eigenvalue weighted by molar-refractivity contribution is 0.605. The van der Waals surface area contributed by atoms with Crippen molar-refractivity contribution < 1.29 is 8.42 Å². The Morgan fingerprint density at radius 2 is 1.38 bits per heavy atom. The van der Waals surface area contributed by atoms with Gasteiger partial charge in [0, 0.05) is 6.26 Å². The molecule has 0 saturated heterocycles. The molecule has 0 amide bonds. The molecule has 3 nitrogen and oxygen atoms in total. The Bertz CT molecular complexity index is 324. The van der Waals surface area contributed by atoms with E-state index < -0.39 is 9.84 Å². The van der Waals surface area contributed by atoms with Crippen LogP contribution in [-0.2, 0) is 9.84 Å². The molecular formula is C9H11NO2S. The first kappa shape index (κ1) is 11.7. The Morgan fingerprint density at radius 1 is 1.08 bits per heavy atom. The second kappa shape index (κ2) is 6.21. The van der Waals surface area contributed by atoms with E-state index in [1.165, 1.54) is 6.07 Å². The molecule has 0 aliphatic carbocycles. The predicted octanol–water partition coefficient (Wildman–Crippen LogP) is 1.24. The van der Waals surface area contributed by atoms with E-state index in [0.717, 1.165) is 6.26 Å². The van der Waals surface area contributed by atoms with E-state index in [4.69, 9.17) is 5.26 Å². The average Bonchev–Trinajstić information content (AvgIpc) is 2.06. The van der Waals surface area contributed by atoms with Crippen molar-refractivity contribution in [3.05, 3.63) is 36.4 Å². The van der Waals surface area contributed by atoms with E-state index in [-0.39, 0.29) is 5.75 Å². The molecule has 1 aromatic carbocycles. The molecule has 0 atom stereocenters. The standard InChI is InChI=1S/C6H6.C3H5NO2S/c1-2-4-6-5-3-1;1-7(5,6)3-2-4/h1-6H;3H2,1H3. The fourth-order valence-electron chi connectivity index (χ4n) is 0.502. The molecule has 0 fully saturated rings. The van der Waals surface area contributed by atoms with Gasteiger partial charge in [-0.15, -0.1) is 0 Å². The summed E-state index contributed by atoms with van der Waals surface area (Å²) in [6.07, 6.45) is 1.02. The highest BCUT2D eigenvalue weighted by molar-refractivity contribution is 7.90. The zero-order valence-corrected chi connectivity index (χ0v) is 8.16. The second-order valence-electron chi connectivity index (χ2n) is 2.38. The van der Waals surface area contributed by atoms with Crippen molar-refractivity contribution in [3.8, 4) is 6.07 Å². The monoisotopic (exact) mass is 197 g/mol. The SMILES string of the molecule is CS(=O)(=O)CC#N.c1ccccc1. The molecule has 0 spiro atoms. The maximum absolute atomic E-state index is 10.0. The number of nitrogens with zero attached hydrogens (tertiary/aromatic N) is 1. The normalized spacial score (nSPS) is 9.23.